The number of carbonyl (C=O) groups excluding carboxylic acids is 1. The van der Waals surface area contributed by atoms with Crippen LogP contribution in [-0.2, 0) is 16.8 Å². The third-order valence-electron chi connectivity index (χ3n) is 3.46. The summed E-state index contributed by atoms with van der Waals surface area (Å²) in [5, 5.41) is 14.1. The number of rotatable bonds is 6. The van der Waals surface area contributed by atoms with Crippen LogP contribution in [0.25, 0.3) is 0 Å². The van der Waals surface area contributed by atoms with E-state index in [0.29, 0.717) is 12.0 Å². The minimum absolute atomic E-state index is 0.0846. The molecule has 2 rings (SSSR count). The lowest BCUT2D eigenvalue weighted by Gasteiger charge is -2.25. The van der Waals surface area contributed by atoms with Crippen molar-refractivity contribution in [2.75, 3.05) is 0 Å². The number of aryl methyl sites for hydroxylation is 1. The Labute approximate surface area is 133 Å². The zero-order valence-electron chi connectivity index (χ0n) is 12.6. The predicted molar refractivity (Wildman–Crippen MR) is 87.2 cm³/mol. The van der Waals surface area contributed by atoms with Crippen LogP contribution in [-0.4, -0.2) is 17.0 Å². The number of hydrogen-bond donors (Lipinski definition) is 2. The van der Waals surface area contributed by atoms with Crippen molar-refractivity contribution in [1.82, 2.24) is 5.32 Å². The molecule has 0 saturated carbocycles. The van der Waals surface area contributed by atoms with E-state index >= 15 is 0 Å². The molecular weight excluding hydrogens is 298 g/mol. The highest BCUT2D eigenvalue weighted by atomic mass is 32.1. The van der Waals surface area contributed by atoms with Gasteiger partial charge in [0.25, 0.3) is 0 Å². The van der Waals surface area contributed by atoms with Crippen molar-refractivity contribution in [2.45, 2.75) is 32.2 Å². The molecule has 0 aliphatic rings. The van der Waals surface area contributed by atoms with Gasteiger partial charge in [-0.2, -0.15) is 0 Å². The van der Waals surface area contributed by atoms with Gasteiger partial charge in [-0.3, -0.25) is 4.79 Å². The van der Waals surface area contributed by atoms with Gasteiger partial charge in [-0.05, 0) is 43.3 Å². The Balaban J connectivity index is 1.98. The zero-order valence-corrected chi connectivity index (χ0v) is 13.4. The molecule has 0 aliphatic carbocycles. The lowest BCUT2D eigenvalue weighted by Crippen LogP contribution is -2.40. The van der Waals surface area contributed by atoms with E-state index in [4.69, 9.17) is 5.11 Å². The Kier molecular flexibility index (Phi) is 4.98. The van der Waals surface area contributed by atoms with Gasteiger partial charge in [0.05, 0.1) is 11.1 Å². The van der Waals surface area contributed by atoms with Crippen LogP contribution >= 0.6 is 11.3 Å². The van der Waals surface area contributed by atoms with Crippen LogP contribution in [0.5, 0.6) is 0 Å². The average molecular weight is 317 g/mol. The highest BCUT2D eigenvalue weighted by Gasteiger charge is 2.23. The number of carboxylic acid groups (broad SMARTS) is 1. The summed E-state index contributed by atoms with van der Waals surface area (Å²) < 4.78 is 0. The SMILES string of the molecule is CC(C)(NC(=O)CCc1ccccc1C(=O)O)c1cccs1. The molecule has 1 aromatic carbocycles. The van der Waals surface area contributed by atoms with E-state index in [1.54, 1.807) is 35.6 Å². The van der Waals surface area contributed by atoms with Gasteiger partial charge in [0.1, 0.15) is 0 Å². The fourth-order valence-electron chi connectivity index (χ4n) is 2.30. The second-order valence-electron chi connectivity index (χ2n) is 5.61. The molecule has 116 valence electrons. The third kappa shape index (κ3) is 3.95. The fourth-order valence-corrected chi connectivity index (χ4v) is 3.11. The number of amides is 1. The summed E-state index contributed by atoms with van der Waals surface area (Å²) in [6, 6.07) is 10.7. The van der Waals surface area contributed by atoms with Crippen LogP contribution in [0.2, 0.25) is 0 Å². The molecule has 5 heteroatoms. The minimum Gasteiger partial charge on any atom is -0.478 e. The van der Waals surface area contributed by atoms with Crippen LogP contribution in [0.3, 0.4) is 0 Å². The summed E-state index contributed by atoms with van der Waals surface area (Å²) in [7, 11) is 0. The van der Waals surface area contributed by atoms with Crippen LogP contribution in [0.1, 0.15) is 41.1 Å². The van der Waals surface area contributed by atoms with Crippen molar-refractivity contribution < 1.29 is 14.7 Å². The molecule has 1 aromatic heterocycles. The molecule has 1 heterocycles. The monoisotopic (exact) mass is 317 g/mol. The number of hydrogen-bond acceptors (Lipinski definition) is 3. The number of carbonyl (C=O) groups is 2. The topological polar surface area (TPSA) is 66.4 Å². The van der Waals surface area contributed by atoms with E-state index in [-0.39, 0.29) is 17.9 Å². The highest BCUT2D eigenvalue weighted by molar-refractivity contribution is 7.10. The number of aromatic carboxylic acids is 1. The molecule has 22 heavy (non-hydrogen) atoms. The Morgan fingerprint density at radius 1 is 1.18 bits per heavy atom. The van der Waals surface area contributed by atoms with Crippen molar-refractivity contribution in [2.24, 2.45) is 0 Å². The molecule has 0 fully saturated rings. The van der Waals surface area contributed by atoms with Crippen molar-refractivity contribution in [3.63, 3.8) is 0 Å². The smallest absolute Gasteiger partial charge is 0.335 e. The first-order valence-corrected chi connectivity index (χ1v) is 7.94. The molecule has 2 aromatic rings. The molecule has 0 saturated heterocycles. The molecule has 4 nitrogen and oxygen atoms in total. The number of thiophene rings is 1. The van der Waals surface area contributed by atoms with E-state index in [0.717, 1.165) is 4.88 Å². The van der Waals surface area contributed by atoms with Crippen molar-refractivity contribution >= 4 is 23.2 Å². The van der Waals surface area contributed by atoms with E-state index in [1.807, 2.05) is 31.4 Å². The molecule has 0 atom stereocenters. The predicted octanol–water partition coefficient (Wildman–Crippen LogP) is 3.43. The van der Waals surface area contributed by atoms with Gasteiger partial charge in [-0.15, -0.1) is 11.3 Å². The van der Waals surface area contributed by atoms with Gasteiger partial charge in [0.15, 0.2) is 0 Å². The molecule has 0 radical (unpaired) electrons. The highest BCUT2D eigenvalue weighted by Crippen LogP contribution is 2.24. The summed E-state index contributed by atoms with van der Waals surface area (Å²) in [4.78, 5) is 24.4. The maximum Gasteiger partial charge on any atom is 0.335 e. The van der Waals surface area contributed by atoms with Gasteiger partial charge < -0.3 is 10.4 Å². The molecule has 0 bridgehead atoms. The summed E-state index contributed by atoms with van der Waals surface area (Å²) in [5.74, 6) is -1.05. The zero-order chi connectivity index (χ0) is 16.2. The van der Waals surface area contributed by atoms with Gasteiger partial charge in [0.2, 0.25) is 5.91 Å². The number of benzene rings is 1. The lowest BCUT2D eigenvalue weighted by atomic mass is 10.0. The maximum absolute atomic E-state index is 12.2. The lowest BCUT2D eigenvalue weighted by molar-refractivity contribution is -0.122. The van der Waals surface area contributed by atoms with E-state index < -0.39 is 11.5 Å². The molecule has 1 amide bonds. The second kappa shape index (κ2) is 6.75. The standard InChI is InChI=1S/C17H19NO3S/c1-17(2,14-8-5-11-22-14)18-15(19)10-9-12-6-3-4-7-13(12)16(20)21/h3-8,11H,9-10H2,1-2H3,(H,18,19)(H,20,21). The largest absolute Gasteiger partial charge is 0.478 e. The second-order valence-corrected chi connectivity index (χ2v) is 6.56. The minimum atomic E-state index is -0.963. The Hall–Kier alpha value is -2.14. The Morgan fingerprint density at radius 2 is 1.91 bits per heavy atom. The van der Waals surface area contributed by atoms with E-state index in [1.165, 1.54) is 0 Å². The molecule has 0 spiro atoms. The van der Waals surface area contributed by atoms with Crippen LogP contribution in [0.15, 0.2) is 41.8 Å². The van der Waals surface area contributed by atoms with Gasteiger partial charge in [0, 0.05) is 11.3 Å². The van der Waals surface area contributed by atoms with Gasteiger partial charge >= 0.3 is 5.97 Å². The van der Waals surface area contributed by atoms with Crippen LogP contribution < -0.4 is 5.32 Å². The van der Waals surface area contributed by atoms with Crippen LogP contribution in [0.4, 0.5) is 0 Å². The summed E-state index contributed by atoms with van der Waals surface area (Å²) >= 11 is 1.60. The Bertz CT molecular complexity index is 662. The maximum atomic E-state index is 12.2. The van der Waals surface area contributed by atoms with Crippen molar-refractivity contribution in [1.29, 1.82) is 0 Å². The first-order chi connectivity index (χ1) is 10.4. The van der Waals surface area contributed by atoms with E-state index in [2.05, 4.69) is 5.32 Å². The first-order valence-electron chi connectivity index (χ1n) is 7.06. The van der Waals surface area contributed by atoms with Crippen molar-refractivity contribution in [3.8, 4) is 0 Å². The van der Waals surface area contributed by atoms with Gasteiger partial charge in [-0.25, -0.2) is 4.79 Å². The summed E-state index contributed by atoms with van der Waals surface area (Å²) in [6.07, 6.45) is 0.675. The quantitative estimate of drug-likeness (QED) is 0.858. The van der Waals surface area contributed by atoms with Crippen molar-refractivity contribution in [3.05, 3.63) is 57.8 Å². The molecule has 0 unspecified atom stereocenters. The molecule has 0 aliphatic heterocycles. The first kappa shape index (κ1) is 16.2. The average Bonchev–Trinajstić information content (AvgIpc) is 3.00. The Morgan fingerprint density at radius 3 is 2.55 bits per heavy atom. The fraction of sp³-hybridized carbons (Fsp3) is 0.294. The summed E-state index contributed by atoms with van der Waals surface area (Å²) in [5.41, 5.74) is 0.518. The van der Waals surface area contributed by atoms with Crippen LogP contribution in [0, 0.1) is 0 Å². The summed E-state index contributed by atoms with van der Waals surface area (Å²) in [6.45, 7) is 3.92. The third-order valence-corrected chi connectivity index (χ3v) is 4.65. The number of nitrogens with one attached hydrogen (secondary N) is 1. The molecule has 2 N–H and O–H groups in total. The van der Waals surface area contributed by atoms with E-state index in [9.17, 15) is 9.59 Å². The number of carboxylic acids is 1. The normalized spacial score (nSPS) is 11.2. The van der Waals surface area contributed by atoms with Gasteiger partial charge in [-0.1, -0.05) is 24.3 Å². The molecular formula is C17H19NO3S.